The summed E-state index contributed by atoms with van der Waals surface area (Å²) < 4.78 is 21.0. The van der Waals surface area contributed by atoms with Crippen LogP contribution in [-0.4, -0.2) is 37.8 Å². The molecular weight excluding hydrogens is 687 g/mol. The highest BCUT2D eigenvalue weighted by atomic mass is 32.2. The van der Waals surface area contributed by atoms with Gasteiger partial charge in [-0.2, -0.15) is 0 Å². The van der Waals surface area contributed by atoms with E-state index >= 15 is 0 Å². The van der Waals surface area contributed by atoms with Gasteiger partial charge in [-0.15, -0.1) is 10.2 Å². The van der Waals surface area contributed by atoms with Crippen molar-refractivity contribution in [2.24, 2.45) is 13.0 Å². The first-order valence-corrected chi connectivity index (χ1v) is 18.5. The van der Waals surface area contributed by atoms with Crippen LogP contribution in [0.3, 0.4) is 0 Å². The molecule has 270 valence electrons. The van der Waals surface area contributed by atoms with Crippen molar-refractivity contribution < 1.29 is 24.1 Å². The molecule has 4 atom stereocenters. The topological polar surface area (TPSA) is 120 Å². The first-order chi connectivity index (χ1) is 25.9. The number of para-hydroxylation sites is 1. The Morgan fingerprint density at radius 1 is 0.849 bits per heavy atom. The van der Waals surface area contributed by atoms with Gasteiger partial charge < -0.3 is 34.5 Å². The zero-order valence-corrected chi connectivity index (χ0v) is 30.3. The molecule has 10 nitrogen and oxygen atoms in total. The molecule has 1 aliphatic rings. The van der Waals surface area contributed by atoms with Gasteiger partial charge in [0.1, 0.15) is 17.8 Å². The highest BCUT2D eigenvalue weighted by Crippen LogP contribution is 2.43. The third kappa shape index (κ3) is 8.95. The van der Waals surface area contributed by atoms with Crippen LogP contribution in [0.5, 0.6) is 11.5 Å². The third-order valence-corrected chi connectivity index (χ3v) is 10.3. The van der Waals surface area contributed by atoms with Crippen LogP contribution in [0.2, 0.25) is 0 Å². The molecule has 2 heterocycles. The van der Waals surface area contributed by atoms with Gasteiger partial charge in [-0.25, -0.2) is 4.79 Å². The van der Waals surface area contributed by atoms with E-state index in [-0.39, 0.29) is 30.8 Å². The van der Waals surface area contributed by atoms with Crippen molar-refractivity contribution in [1.29, 1.82) is 0 Å². The molecule has 0 radical (unpaired) electrons. The average molecular weight is 728 g/mol. The van der Waals surface area contributed by atoms with Gasteiger partial charge in [0, 0.05) is 36.5 Å². The lowest BCUT2D eigenvalue weighted by atomic mass is 9.91. The van der Waals surface area contributed by atoms with E-state index in [1.165, 1.54) is 0 Å². The number of ether oxygens (including phenoxy) is 3. The number of carbonyl (C=O) groups excluding carboxylic acids is 1. The van der Waals surface area contributed by atoms with Gasteiger partial charge in [0.2, 0.25) is 0 Å². The highest BCUT2D eigenvalue weighted by molar-refractivity contribution is 7.99. The Morgan fingerprint density at radius 3 is 2.26 bits per heavy atom. The van der Waals surface area contributed by atoms with Crippen LogP contribution in [0.1, 0.15) is 41.6 Å². The van der Waals surface area contributed by atoms with E-state index in [0.29, 0.717) is 23.7 Å². The van der Waals surface area contributed by atoms with Crippen LogP contribution in [-0.2, 0) is 29.7 Å². The quantitative estimate of drug-likeness (QED) is 0.107. The molecule has 1 aliphatic heterocycles. The summed E-state index contributed by atoms with van der Waals surface area (Å²) in [5.74, 6) is 2.16. The second-order valence-corrected chi connectivity index (χ2v) is 13.9. The number of benzene rings is 5. The van der Waals surface area contributed by atoms with Crippen molar-refractivity contribution >= 4 is 23.5 Å². The Balaban J connectivity index is 1.01. The minimum atomic E-state index is -0.590. The predicted octanol–water partition coefficient (Wildman–Crippen LogP) is 8.67. The van der Waals surface area contributed by atoms with E-state index in [1.807, 2.05) is 121 Å². The number of nitrogens with one attached hydrogen (secondary N) is 2. The molecule has 5 aromatic carbocycles. The molecule has 1 saturated heterocycles. The summed E-state index contributed by atoms with van der Waals surface area (Å²) in [5.41, 5.74) is 6.46. The first kappa shape index (κ1) is 35.9. The van der Waals surface area contributed by atoms with E-state index in [9.17, 15) is 9.90 Å². The van der Waals surface area contributed by atoms with Crippen molar-refractivity contribution in [2.45, 2.75) is 43.7 Å². The number of carbonyl (C=O) groups is 1. The molecule has 1 fully saturated rings. The molecule has 3 N–H and O–H groups in total. The minimum Gasteiger partial charge on any atom is -0.457 e. The second-order valence-electron chi connectivity index (χ2n) is 12.9. The zero-order chi connectivity index (χ0) is 36.6. The lowest BCUT2D eigenvalue weighted by molar-refractivity contribution is -0.268. The standard InChI is InChI=1S/C42H41N5O5S/c1-28-38(26-53-42-46-44-27-47(42)2)51-40(52-39(28)31-14-12-29(25-48)13-15-31)32-18-16-30(17-19-32)37-11-7-6-8-33(37)24-43-41(49)45-34-20-22-36(23-21-34)50-35-9-4-3-5-10-35/h3-23,27-28,38-40,48H,24-26H2,1-2H3,(H2,43,45,49)/t28-,38+,39+,40+/m1/s1. The fourth-order valence-corrected chi connectivity index (χ4v) is 7.28. The van der Waals surface area contributed by atoms with Crippen molar-refractivity contribution in [1.82, 2.24) is 20.1 Å². The van der Waals surface area contributed by atoms with E-state index in [0.717, 1.165) is 44.3 Å². The van der Waals surface area contributed by atoms with Crippen LogP contribution in [0.4, 0.5) is 10.5 Å². The van der Waals surface area contributed by atoms with E-state index in [4.69, 9.17) is 14.2 Å². The molecule has 2 amide bonds. The third-order valence-electron chi connectivity index (χ3n) is 9.21. The molecule has 1 aromatic heterocycles. The Hall–Kier alpha value is -5.46. The summed E-state index contributed by atoms with van der Waals surface area (Å²) in [5, 5.41) is 24.6. The molecular formula is C42H41N5O5S. The number of amides is 2. The van der Waals surface area contributed by atoms with Crippen molar-refractivity contribution in [3.63, 3.8) is 0 Å². The van der Waals surface area contributed by atoms with Crippen LogP contribution in [0.15, 0.2) is 139 Å². The van der Waals surface area contributed by atoms with Crippen molar-refractivity contribution in [3.05, 3.63) is 156 Å². The predicted molar refractivity (Wildman–Crippen MR) is 205 cm³/mol. The number of anilines is 1. The number of aryl methyl sites for hydroxylation is 1. The summed E-state index contributed by atoms with van der Waals surface area (Å²) in [4.78, 5) is 12.9. The number of aliphatic hydroxyl groups excluding tert-OH is 1. The number of aliphatic hydroxyl groups is 1. The number of hydrogen-bond donors (Lipinski definition) is 3. The van der Waals surface area contributed by atoms with E-state index < -0.39 is 6.29 Å². The maximum absolute atomic E-state index is 12.9. The zero-order valence-electron chi connectivity index (χ0n) is 29.5. The Bertz CT molecular complexity index is 2090. The van der Waals surface area contributed by atoms with Gasteiger partial charge in [-0.05, 0) is 64.2 Å². The molecule has 0 bridgehead atoms. The van der Waals surface area contributed by atoms with Crippen LogP contribution in [0, 0.1) is 5.92 Å². The van der Waals surface area contributed by atoms with Crippen LogP contribution < -0.4 is 15.4 Å². The average Bonchev–Trinajstić information content (AvgIpc) is 3.62. The fourth-order valence-electron chi connectivity index (χ4n) is 6.23. The van der Waals surface area contributed by atoms with Gasteiger partial charge in [-0.3, -0.25) is 0 Å². The van der Waals surface area contributed by atoms with Crippen molar-refractivity contribution in [2.75, 3.05) is 11.1 Å². The summed E-state index contributed by atoms with van der Waals surface area (Å²) in [7, 11) is 1.93. The molecule has 11 heteroatoms. The van der Waals surface area contributed by atoms with E-state index in [2.05, 4.69) is 46.0 Å². The summed E-state index contributed by atoms with van der Waals surface area (Å²) in [6.45, 7) is 2.48. The summed E-state index contributed by atoms with van der Waals surface area (Å²) >= 11 is 1.61. The lowest BCUT2D eigenvalue weighted by Crippen LogP contribution is -2.38. The minimum absolute atomic E-state index is 0.0106. The molecule has 0 saturated carbocycles. The number of nitrogens with zero attached hydrogens (tertiary/aromatic N) is 3. The Kier molecular flexibility index (Phi) is 11.5. The maximum Gasteiger partial charge on any atom is 0.319 e. The highest BCUT2D eigenvalue weighted by Gasteiger charge is 2.38. The van der Waals surface area contributed by atoms with Crippen molar-refractivity contribution in [3.8, 4) is 22.6 Å². The molecule has 0 spiro atoms. The number of hydrogen-bond acceptors (Lipinski definition) is 8. The lowest BCUT2D eigenvalue weighted by Gasteiger charge is -2.41. The number of thioether (sulfide) groups is 1. The molecule has 0 unspecified atom stereocenters. The molecule has 0 aliphatic carbocycles. The Labute approximate surface area is 313 Å². The van der Waals surface area contributed by atoms with Crippen LogP contribution in [0.25, 0.3) is 11.1 Å². The van der Waals surface area contributed by atoms with Gasteiger partial charge in [0.05, 0.1) is 18.8 Å². The summed E-state index contributed by atoms with van der Waals surface area (Å²) in [6, 6.07) is 40.6. The molecule has 53 heavy (non-hydrogen) atoms. The molecule has 6 aromatic rings. The van der Waals surface area contributed by atoms with Gasteiger partial charge >= 0.3 is 6.03 Å². The second kappa shape index (κ2) is 16.9. The number of urea groups is 1. The maximum atomic E-state index is 12.9. The monoisotopic (exact) mass is 727 g/mol. The van der Waals surface area contributed by atoms with Gasteiger partial charge in [0.15, 0.2) is 11.4 Å². The first-order valence-electron chi connectivity index (χ1n) is 17.5. The fraction of sp³-hybridized carbons (Fsp3) is 0.214. The van der Waals surface area contributed by atoms with Gasteiger partial charge in [0.25, 0.3) is 0 Å². The van der Waals surface area contributed by atoms with Gasteiger partial charge in [-0.1, -0.05) is 110 Å². The van der Waals surface area contributed by atoms with E-state index in [1.54, 1.807) is 18.1 Å². The Morgan fingerprint density at radius 2 is 1.55 bits per heavy atom. The number of rotatable bonds is 12. The molecule has 7 rings (SSSR count). The SMILES string of the molecule is C[C@@H]1[C@H](CSc2nncn2C)O[C@H](c2ccc(-c3ccccc3CNC(=O)Nc3ccc(Oc4ccccc4)cc3)cc2)O[C@@H]1c1ccc(CO)cc1. The van der Waals surface area contributed by atoms with Crippen LogP contribution >= 0.6 is 11.8 Å². The number of aromatic nitrogens is 3. The largest absolute Gasteiger partial charge is 0.457 e. The smallest absolute Gasteiger partial charge is 0.319 e. The summed E-state index contributed by atoms with van der Waals surface area (Å²) in [6.07, 6.45) is 0.756. The normalized spacial score (nSPS) is 18.3.